The van der Waals surface area contributed by atoms with Gasteiger partial charge in [0.25, 0.3) is 5.91 Å². The van der Waals surface area contributed by atoms with Crippen LogP contribution in [0.15, 0.2) is 48.8 Å². The lowest BCUT2D eigenvalue weighted by molar-refractivity contribution is 0.0950. The zero-order valence-corrected chi connectivity index (χ0v) is 18.6. The molecule has 2 fully saturated rings. The largest absolute Gasteiger partial charge is 0.365 e. The van der Waals surface area contributed by atoms with Crippen molar-refractivity contribution in [1.82, 2.24) is 20.3 Å². The number of amides is 1. The quantitative estimate of drug-likeness (QED) is 0.571. The van der Waals surface area contributed by atoms with Gasteiger partial charge in [0.2, 0.25) is 5.95 Å². The normalized spacial score (nSPS) is 18.9. The molecule has 1 saturated carbocycles. The number of fused-ring (bicyclic) bond motifs is 1. The Morgan fingerprint density at radius 3 is 2.75 bits per heavy atom. The van der Waals surface area contributed by atoms with Gasteiger partial charge in [-0.3, -0.25) is 9.78 Å². The minimum atomic E-state index is -0.240. The molecule has 1 saturated heterocycles. The van der Waals surface area contributed by atoms with Gasteiger partial charge in [0.05, 0.1) is 12.2 Å². The van der Waals surface area contributed by atoms with Crippen LogP contribution in [0.2, 0.25) is 5.02 Å². The highest BCUT2D eigenvalue weighted by Gasteiger charge is 2.45. The average molecular weight is 449 g/mol. The zero-order valence-electron chi connectivity index (χ0n) is 17.9. The van der Waals surface area contributed by atoms with Gasteiger partial charge < -0.3 is 15.5 Å². The molecule has 3 aromatic rings. The number of carbonyl (C=O) groups is 1. The van der Waals surface area contributed by atoms with E-state index in [9.17, 15) is 4.79 Å². The third kappa shape index (κ3) is 4.53. The summed E-state index contributed by atoms with van der Waals surface area (Å²) in [6, 6.07) is 11.6. The van der Waals surface area contributed by atoms with Gasteiger partial charge in [-0.25, -0.2) is 4.98 Å². The average Bonchev–Trinajstić information content (AvgIpc) is 3.43. The predicted octanol–water partition coefficient (Wildman–Crippen LogP) is 3.83. The Kier molecular flexibility index (Phi) is 5.66. The number of nitrogens with one attached hydrogen (secondary N) is 2. The van der Waals surface area contributed by atoms with E-state index in [1.165, 1.54) is 6.42 Å². The van der Waals surface area contributed by atoms with Crippen molar-refractivity contribution in [3.05, 3.63) is 76.2 Å². The Bertz CT molecular complexity index is 1130. The summed E-state index contributed by atoms with van der Waals surface area (Å²) in [5.74, 6) is 2.49. The number of halogens is 1. The van der Waals surface area contributed by atoms with Crippen LogP contribution in [-0.4, -0.2) is 33.9 Å². The van der Waals surface area contributed by atoms with Crippen LogP contribution >= 0.6 is 11.6 Å². The number of hydrogen-bond acceptors (Lipinski definition) is 6. The van der Waals surface area contributed by atoms with E-state index in [0.29, 0.717) is 30.4 Å². The summed E-state index contributed by atoms with van der Waals surface area (Å²) in [5, 5.41) is 6.97. The Balaban J connectivity index is 1.35. The van der Waals surface area contributed by atoms with Gasteiger partial charge >= 0.3 is 0 Å². The van der Waals surface area contributed by atoms with Crippen LogP contribution in [0, 0.1) is 18.8 Å². The lowest BCUT2D eigenvalue weighted by atomic mass is 10.1. The maximum absolute atomic E-state index is 12.9. The molecule has 1 aliphatic carbocycles. The highest BCUT2D eigenvalue weighted by Crippen LogP contribution is 2.45. The van der Waals surface area contributed by atoms with Crippen molar-refractivity contribution in [3.8, 4) is 0 Å². The van der Waals surface area contributed by atoms with Crippen molar-refractivity contribution in [2.24, 2.45) is 11.8 Å². The van der Waals surface area contributed by atoms with Crippen molar-refractivity contribution in [3.63, 3.8) is 0 Å². The summed E-state index contributed by atoms with van der Waals surface area (Å²) in [4.78, 5) is 28.7. The van der Waals surface area contributed by atoms with E-state index in [4.69, 9.17) is 16.6 Å². The Morgan fingerprint density at radius 1 is 1.16 bits per heavy atom. The van der Waals surface area contributed by atoms with Gasteiger partial charge in [0.15, 0.2) is 0 Å². The molecule has 8 heteroatoms. The molecule has 2 aliphatic rings. The third-order valence-corrected chi connectivity index (χ3v) is 6.54. The van der Waals surface area contributed by atoms with Crippen LogP contribution in [0.4, 0.5) is 11.8 Å². The first kappa shape index (κ1) is 20.7. The first-order chi connectivity index (χ1) is 15.6. The van der Waals surface area contributed by atoms with Gasteiger partial charge in [-0.1, -0.05) is 29.8 Å². The molecule has 0 spiro atoms. The maximum Gasteiger partial charge on any atom is 0.256 e. The van der Waals surface area contributed by atoms with Crippen molar-refractivity contribution in [1.29, 1.82) is 0 Å². The number of pyridine rings is 1. The van der Waals surface area contributed by atoms with Crippen molar-refractivity contribution in [2.75, 3.05) is 23.3 Å². The molecular weight excluding hydrogens is 424 g/mol. The second-order valence-electron chi connectivity index (χ2n) is 8.53. The van der Waals surface area contributed by atoms with E-state index in [0.717, 1.165) is 46.8 Å². The summed E-state index contributed by atoms with van der Waals surface area (Å²) < 4.78 is 0. The van der Waals surface area contributed by atoms with Crippen molar-refractivity contribution >= 4 is 29.3 Å². The molecule has 2 atom stereocenters. The summed E-state index contributed by atoms with van der Waals surface area (Å²) in [6.07, 6.45) is 4.63. The van der Waals surface area contributed by atoms with Gasteiger partial charge in [-0.05, 0) is 54.5 Å². The minimum absolute atomic E-state index is 0.240. The van der Waals surface area contributed by atoms with Gasteiger partial charge in [0.1, 0.15) is 11.4 Å². The van der Waals surface area contributed by atoms with Crippen LogP contribution in [0.3, 0.4) is 0 Å². The van der Waals surface area contributed by atoms with Crippen molar-refractivity contribution in [2.45, 2.75) is 26.4 Å². The molecule has 3 heterocycles. The lowest BCUT2D eigenvalue weighted by Crippen LogP contribution is -2.27. The number of aryl methyl sites for hydroxylation is 1. The molecule has 1 aliphatic heterocycles. The molecule has 2 unspecified atom stereocenters. The number of piperidine rings is 1. The van der Waals surface area contributed by atoms with Gasteiger partial charge in [0, 0.05) is 37.1 Å². The number of benzene rings is 1. The highest BCUT2D eigenvalue weighted by molar-refractivity contribution is 6.31. The summed E-state index contributed by atoms with van der Waals surface area (Å²) in [5.41, 5.74) is 3.25. The Hall–Kier alpha value is -3.19. The molecule has 0 radical (unpaired) electrons. The topological polar surface area (TPSA) is 83.0 Å². The number of aromatic nitrogens is 3. The smallest absolute Gasteiger partial charge is 0.256 e. The van der Waals surface area contributed by atoms with Crippen LogP contribution in [0.5, 0.6) is 0 Å². The van der Waals surface area contributed by atoms with Gasteiger partial charge in [-0.15, -0.1) is 0 Å². The second-order valence-corrected chi connectivity index (χ2v) is 8.94. The van der Waals surface area contributed by atoms with E-state index in [2.05, 4.69) is 25.5 Å². The fourth-order valence-corrected chi connectivity index (χ4v) is 4.29. The SMILES string of the molecule is Cc1ccc(CNc2nc(N3CC4CC4C3)ncc2C(=O)NCc2ccccn2)cc1Cl. The molecule has 32 heavy (non-hydrogen) atoms. The fraction of sp³-hybridized carbons (Fsp3) is 0.333. The third-order valence-electron chi connectivity index (χ3n) is 6.13. The van der Waals surface area contributed by atoms with E-state index < -0.39 is 0 Å². The number of nitrogens with zero attached hydrogens (tertiary/aromatic N) is 4. The molecular formula is C24H25ClN6O. The molecule has 164 valence electrons. The summed E-state index contributed by atoms with van der Waals surface area (Å²) >= 11 is 6.28. The lowest BCUT2D eigenvalue weighted by Gasteiger charge is -2.20. The zero-order chi connectivity index (χ0) is 22.1. The highest BCUT2D eigenvalue weighted by atomic mass is 35.5. The number of rotatable bonds is 7. The first-order valence-corrected chi connectivity index (χ1v) is 11.2. The Morgan fingerprint density at radius 2 is 2.00 bits per heavy atom. The van der Waals surface area contributed by atoms with E-state index >= 15 is 0 Å². The van der Waals surface area contributed by atoms with E-state index in [-0.39, 0.29) is 5.91 Å². The minimum Gasteiger partial charge on any atom is -0.365 e. The van der Waals surface area contributed by atoms with Gasteiger partial charge in [-0.2, -0.15) is 4.98 Å². The molecule has 1 aromatic carbocycles. The van der Waals surface area contributed by atoms with Crippen LogP contribution < -0.4 is 15.5 Å². The van der Waals surface area contributed by atoms with Crippen LogP contribution in [0.25, 0.3) is 0 Å². The number of carbonyl (C=O) groups excluding carboxylic acids is 1. The molecule has 2 N–H and O–H groups in total. The molecule has 2 aromatic heterocycles. The van der Waals surface area contributed by atoms with E-state index in [1.807, 2.05) is 43.3 Å². The number of anilines is 2. The molecule has 5 rings (SSSR count). The van der Waals surface area contributed by atoms with Crippen LogP contribution in [-0.2, 0) is 13.1 Å². The first-order valence-electron chi connectivity index (χ1n) is 10.9. The molecule has 1 amide bonds. The Labute approximate surface area is 192 Å². The standard InChI is InChI=1S/C24H25ClN6O/c1-15-5-6-16(8-21(15)25)10-27-22-20(23(32)28-11-19-4-2-3-7-26-19)12-29-24(30-22)31-13-17-9-18(17)14-31/h2-8,12,17-18H,9-11,13-14H2,1H3,(H,28,32)(H,27,29,30). The monoisotopic (exact) mass is 448 g/mol. The number of hydrogen-bond donors (Lipinski definition) is 2. The molecule has 7 nitrogen and oxygen atoms in total. The molecule has 0 bridgehead atoms. The summed E-state index contributed by atoms with van der Waals surface area (Å²) in [6.45, 7) is 4.79. The van der Waals surface area contributed by atoms with Crippen LogP contribution in [0.1, 0.15) is 33.6 Å². The predicted molar refractivity (Wildman–Crippen MR) is 125 cm³/mol. The maximum atomic E-state index is 12.9. The second kappa shape index (κ2) is 8.74. The summed E-state index contributed by atoms with van der Waals surface area (Å²) in [7, 11) is 0. The van der Waals surface area contributed by atoms with Crippen molar-refractivity contribution < 1.29 is 4.79 Å². The fourth-order valence-electron chi connectivity index (χ4n) is 4.09. The van der Waals surface area contributed by atoms with E-state index in [1.54, 1.807) is 12.4 Å².